The third-order valence-corrected chi connectivity index (χ3v) is 3.90. The second-order valence-corrected chi connectivity index (χ2v) is 5.50. The number of likely N-dealkylation sites (N-methyl/N-ethyl adjacent to an activating group) is 1. The zero-order valence-electron chi connectivity index (χ0n) is 15.6. The number of hydrogen-bond acceptors (Lipinski definition) is 3. The molecule has 1 unspecified atom stereocenters. The van der Waals surface area contributed by atoms with Gasteiger partial charge < -0.3 is 15.4 Å². The van der Waals surface area contributed by atoms with Gasteiger partial charge in [-0.25, -0.2) is 4.99 Å². The second-order valence-electron chi connectivity index (χ2n) is 5.50. The first-order valence-electron chi connectivity index (χ1n) is 8.53. The molecule has 0 aromatic heterocycles. The Labute approximate surface area is 164 Å². The van der Waals surface area contributed by atoms with Gasteiger partial charge in [-0.2, -0.15) is 0 Å². The van der Waals surface area contributed by atoms with Gasteiger partial charge in [-0.1, -0.05) is 26.0 Å². The minimum atomic E-state index is 0. The molecule has 0 fully saturated rings. The summed E-state index contributed by atoms with van der Waals surface area (Å²) in [7, 11) is 1.68. The van der Waals surface area contributed by atoms with Gasteiger partial charge in [0.05, 0.1) is 13.7 Å². The molecule has 0 amide bonds. The summed E-state index contributed by atoms with van der Waals surface area (Å²) >= 11 is 0. The molecule has 1 atom stereocenters. The number of rotatable bonds is 9. The molecular weight excluding hydrogens is 415 g/mol. The molecule has 1 aromatic rings. The molecule has 0 aliphatic carbocycles. The lowest BCUT2D eigenvalue weighted by molar-refractivity contribution is 0.231. The van der Waals surface area contributed by atoms with E-state index in [9.17, 15) is 0 Å². The molecule has 0 saturated carbocycles. The quantitative estimate of drug-likeness (QED) is 0.346. The topological polar surface area (TPSA) is 48.9 Å². The van der Waals surface area contributed by atoms with Crippen LogP contribution < -0.4 is 15.4 Å². The van der Waals surface area contributed by atoms with Crippen LogP contribution in [-0.2, 0) is 6.54 Å². The molecule has 1 aromatic carbocycles. The van der Waals surface area contributed by atoms with E-state index in [1.807, 2.05) is 18.2 Å². The lowest BCUT2D eigenvalue weighted by Gasteiger charge is -2.27. The Kier molecular flexibility index (Phi) is 12.7. The van der Waals surface area contributed by atoms with Crippen molar-refractivity contribution >= 4 is 29.9 Å². The van der Waals surface area contributed by atoms with Crippen molar-refractivity contribution in [2.45, 2.75) is 40.3 Å². The minimum absolute atomic E-state index is 0. The van der Waals surface area contributed by atoms with Crippen molar-refractivity contribution in [3.05, 3.63) is 29.8 Å². The molecular formula is C18H33IN4O. The van der Waals surface area contributed by atoms with E-state index in [1.165, 1.54) is 0 Å². The summed E-state index contributed by atoms with van der Waals surface area (Å²) in [6.45, 7) is 13.2. The number of guanidine groups is 1. The zero-order chi connectivity index (χ0) is 17.1. The molecule has 0 heterocycles. The maximum Gasteiger partial charge on any atom is 0.191 e. The maximum absolute atomic E-state index is 5.25. The van der Waals surface area contributed by atoms with E-state index >= 15 is 0 Å². The van der Waals surface area contributed by atoms with Gasteiger partial charge in [-0.05, 0) is 44.6 Å². The van der Waals surface area contributed by atoms with E-state index in [0.717, 1.165) is 43.5 Å². The smallest absolute Gasteiger partial charge is 0.191 e. The van der Waals surface area contributed by atoms with Crippen LogP contribution in [0.25, 0.3) is 0 Å². The summed E-state index contributed by atoms with van der Waals surface area (Å²) in [5.41, 5.74) is 1.14. The Morgan fingerprint density at radius 2 is 1.92 bits per heavy atom. The summed E-state index contributed by atoms with van der Waals surface area (Å²) in [5, 5.41) is 6.74. The van der Waals surface area contributed by atoms with Crippen LogP contribution in [0, 0.1) is 0 Å². The number of benzene rings is 1. The number of methoxy groups -OCH3 is 1. The Bertz CT molecular complexity index is 478. The average Bonchev–Trinajstić information content (AvgIpc) is 2.58. The largest absolute Gasteiger partial charge is 0.497 e. The highest BCUT2D eigenvalue weighted by Crippen LogP contribution is 2.13. The normalized spacial score (nSPS) is 12.5. The van der Waals surface area contributed by atoms with Crippen molar-refractivity contribution in [2.75, 3.05) is 33.3 Å². The Balaban J connectivity index is 0.00000529. The molecule has 0 aliphatic heterocycles. The molecule has 0 saturated heterocycles. The van der Waals surface area contributed by atoms with Crippen molar-refractivity contribution < 1.29 is 4.74 Å². The van der Waals surface area contributed by atoms with Crippen LogP contribution in [0.4, 0.5) is 0 Å². The van der Waals surface area contributed by atoms with E-state index in [0.29, 0.717) is 12.6 Å². The van der Waals surface area contributed by atoms with Gasteiger partial charge in [0.25, 0.3) is 0 Å². The highest BCUT2D eigenvalue weighted by molar-refractivity contribution is 14.0. The van der Waals surface area contributed by atoms with Crippen molar-refractivity contribution in [1.29, 1.82) is 0 Å². The second kappa shape index (κ2) is 13.3. The van der Waals surface area contributed by atoms with Crippen molar-refractivity contribution in [3.8, 4) is 5.75 Å². The molecule has 24 heavy (non-hydrogen) atoms. The fraction of sp³-hybridized carbons (Fsp3) is 0.611. The first-order valence-corrected chi connectivity index (χ1v) is 8.53. The minimum Gasteiger partial charge on any atom is -0.497 e. The highest BCUT2D eigenvalue weighted by atomic mass is 127. The molecule has 5 nitrogen and oxygen atoms in total. The summed E-state index contributed by atoms with van der Waals surface area (Å²) in [6.07, 6.45) is 0. The predicted molar refractivity (Wildman–Crippen MR) is 114 cm³/mol. The van der Waals surface area contributed by atoms with Crippen molar-refractivity contribution in [1.82, 2.24) is 15.5 Å². The average molecular weight is 448 g/mol. The fourth-order valence-electron chi connectivity index (χ4n) is 2.50. The van der Waals surface area contributed by atoms with E-state index in [4.69, 9.17) is 4.74 Å². The number of aliphatic imine (C=N–C) groups is 1. The van der Waals surface area contributed by atoms with Gasteiger partial charge in [-0.3, -0.25) is 4.90 Å². The monoisotopic (exact) mass is 448 g/mol. The Morgan fingerprint density at radius 1 is 1.21 bits per heavy atom. The zero-order valence-corrected chi connectivity index (χ0v) is 18.0. The van der Waals surface area contributed by atoms with E-state index in [1.54, 1.807) is 7.11 Å². The SMILES string of the molecule is CCNC(=NCc1cccc(OC)c1)NCC(C)N(CC)CC.I. The molecule has 0 spiro atoms. The molecule has 0 radical (unpaired) electrons. The van der Waals surface area contributed by atoms with Crippen molar-refractivity contribution in [2.24, 2.45) is 4.99 Å². The van der Waals surface area contributed by atoms with Gasteiger partial charge in [0.2, 0.25) is 0 Å². The van der Waals surface area contributed by atoms with Crippen LogP contribution in [0.3, 0.4) is 0 Å². The summed E-state index contributed by atoms with van der Waals surface area (Å²) in [6, 6.07) is 8.50. The van der Waals surface area contributed by atoms with Crippen LogP contribution in [-0.4, -0.2) is 50.2 Å². The third-order valence-electron chi connectivity index (χ3n) is 3.90. The standard InChI is InChI=1S/C18H32N4O.HI/c1-6-19-18(20-13-15(4)22(7-2)8-3)21-14-16-10-9-11-17(12-16)23-5;/h9-12,15H,6-8,13-14H2,1-5H3,(H2,19,20,21);1H. The van der Waals surface area contributed by atoms with Gasteiger partial charge in [0, 0.05) is 19.1 Å². The Morgan fingerprint density at radius 3 is 2.50 bits per heavy atom. The molecule has 2 N–H and O–H groups in total. The number of hydrogen-bond donors (Lipinski definition) is 2. The van der Waals surface area contributed by atoms with E-state index in [2.05, 4.69) is 54.3 Å². The number of halogens is 1. The van der Waals surface area contributed by atoms with Crippen LogP contribution in [0.15, 0.2) is 29.3 Å². The van der Waals surface area contributed by atoms with Gasteiger partial charge >= 0.3 is 0 Å². The van der Waals surface area contributed by atoms with Gasteiger partial charge in [0.15, 0.2) is 5.96 Å². The summed E-state index contributed by atoms with van der Waals surface area (Å²) in [5.74, 6) is 1.72. The molecule has 0 aliphatic rings. The number of ether oxygens (including phenoxy) is 1. The van der Waals surface area contributed by atoms with Crippen LogP contribution in [0.5, 0.6) is 5.75 Å². The summed E-state index contributed by atoms with van der Waals surface area (Å²) in [4.78, 5) is 7.09. The predicted octanol–water partition coefficient (Wildman–Crippen LogP) is 3.10. The third kappa shape index (κ3) is 8.19. The molecule has 138 valence electrons. The summed E-state index contributed by atoms with van der Waals surface area (Å²) < 4.78 is 5.25. The first-order chi connectivity index (χ1) is 11.1. The van der Waals surface area contributed by atoms with E-state index in [-0.39, 0.29) is 24.0 Å². The number of nitrogens with zero attached hydrogens (tertiary/aromatic N) is 2. The molecule has 6 heteroatoms. The van der Waals surface area contributed by atoms with Crippen LogP contribution >= 0.6 is 24.0 Å². The Hall–Kier alpha value is -1.02. The van der Waals surface area contributed by atoms with Gasteiger partial charge in [-0.15, -0.1) is 24.0 Å². The van der Waals surface area contributed by atoms with E-state index < -0.39 is 0 Å². The maximum atomic E-state index is 5.25. The lowest BCUT2D eigenvalue weighted by Crippen LogP contribution is -2.45. The fourth-order valence-corrected chi connectivity index (χ4v) is 2.50. The van der Waals surface area contributed by atoms with Gasteiger partial charge in [0.1, 0.15) is 5.75 Å². The first kappa shape index (κ1) is 23.0. The number of nitrogens with one attached hydrogen (secondary N) is 2. The lowest BCUT2D eigenvalue weighted by atomic mass is 10.2. The highest BCUT2D eigenvalue weighted by Gasteiger charge is 2.10. The van der Waals surface area contributed by atoms with Crippen LogP contribution in [0.1, 0.15) is 33.3 Å². The molecule has 1 rings (SSSR count). The van der Waals surface area contributed by atoms with Crippen LogP contribution in [0.2, 0.25) is 0 Å². The van der Waals surface area contributed by atoms with Crippen molar-refractivity contribution in [3.63, 3.8) is 0 Å². The molecule has 0 bridgehead atoms.